The number of aromatic amines is 1. The molecule has 170 valence electrons. The fourth-order valence-electron chi connectivity index (χ4n) is 3.69. The highest BCUT2D eigenvalue weighted by Crippen LogP contribution is 2.39. The van der Waals surface area contributed by atoms with E-state index in [0.717, 1.165) is 17.0 Å². The molecule has 2 aliphatic rings. The van der Waals surface area contributed by atoms with Gasteiger partial charge in [0.1, 0.15) is 11.7 Å². The third kappa shape index (κ3) is 4.92. The van der Waals surface area contributed by atoms with Crippen molar-refractivity contribution in [3.8, 4) is 0 Å². The van der Waals surface area contributed by atoms with Gasteiger partial charge in [-0.15, -0.1) is 5.10 Å². The minimum atomic E-state index is -0.808. The predicted octanol–water partition coefficient (Wildman–Crippen LogP) is 3.27. The monoisotopic (exact) mass is 449 g/mol. The number of carbonyl (C=O) groups is 1. The Morgan fingerprint density at radius 3 is 2.85 bits per heavy atom. The number of fused-ring (bicyclic) bond motifs is 1. The lowest BCUT2D eigenvalue weighted by atomic mass is 10.3. The predicted molar refractivity (Wildman–Crippen MR) is 122 cm³/mol. The SMILES string of the molecule is F[C@@H]1CCN(c2nc(Nc3cc(C4CC4)[nH]n3)c3cccn3n2)C1.O=CNc1cccnc1. The van der Waals surface area contributed by atoms with Crippen LogP contribution in [0.4, 0.5) is 27.7 Å². The van der Waals surface area contributed by atoms with Gasteiger partial charge in [0.05, 0.1) is 18.4 Å². The fraction of sp³-hybridized carbons (Fsp3) is 0.318. The number of amides is 1. The number of pyridine rings is 1. The maximum atomic E-state index is 13.5. The molecular formula is C22H24FN9O. The maximum Gasteiger partial charge on any atom is 0.245 e. The Morgan fingerprint density at radius 1 is 1.21 bits per heavy atom. The number of H-pyrrole nitrogens is 1. The number of hydrogen-bond acceptors (Lipinski definition) is 7. The molecule has 6 rings (SSSR count). The Hall–Kier alpha value is -4.02. The summed E-state index contributed by atoms with van der Waals surface area (Å²) in [4.78, 5) is 20.1. The van der Waals surface area contributed by atoms with Gasteiger partial charge in [-0.05, 0) is 43.5 Å². The summed E-state index contributed by atoms with van der Waals surface area (Å²) in [6.07, 6.45) is 7.89. The summed E-state index contributed by atoms with van der Waals surface area (Å²) in [6, 6.07) is 9.42. The second-order valence-corrected chi connectivity index (χ2v) is 8.04. The van der Waals surface area contributed by atoms with Crippen molar-refractivity contribution in [2.75, 3.05) is 28.6 Å². The van der Waals surface area contributed by atoms with E-state index in [1.165, 1.54) is 12.8 Å². The van der Waals surface area contributed by atoms with E-state index in [2.05, 4.69) is 35.9 Å². The van der Waals surface area contributed by atoms with E-state index in [1.54, 1.807) is 29.0 Å². The summed E-state index contributed by atoms with van der Waals surface area (Å²) in [6.45, 7) is 0.988. The molecule has 2 fully saturated rings. The molecular weight excluding hydrogens is 425 g/mol. The molecule has 1 amide bonds. The molecule has 10 nitrogen and oxygen atoms in total. The van der Waals surface area contributed by atoms with E-state index in [9.17, 15) is 9.18 Å². The molecule has 1 saturated carbocycles. The molecule has 5 heterocycles. The highest BCUT2D eigenvalue weighted by molar-refractivity contribution is 5.73. The van der Waals surface area contributed by atoms with Crippen LogP contribution >= 0.6 is 0 Å². The molecule has 0 spiro atoms. The zero-order valence-electron chi connectivity index (χ0n) is 17.9. The summed E-state index contributed by atoms with van der Waals surface area (Å²) in [5.74, 6) is 2.59. The number of carbonyl (C=O) groups excluding carboxylic acids is 1. The summed E-state index contributed by atoms with van der Waals surface area (Å²) in [5, 5.41) is 17.6. The summed E-state index contributed by atoms with van der Waals surface area (Å²) in [5.41, 5.74) is 2.75. The average molecular weight is 449 g/mol. The van der Waals surface area contributed by atoms with Gasteiger partial charge in [0.2, 0.25) is 12.4 Å². The Balaban J connectivity index is 0.000000215. The summed E-state index contributed by atoms with van der Waals surface area (Å²) in [7, 11) is 0. The van der Waals surface area contributed by atoms with Crippen molar-refractivity contribution < 1.29 is 9.18 Å². The van der Waals surface area contributed by atoms with Gasteiger partial charge in [-0.2, -0.15) is 10.1 Å². The molecule has 0 bridgehead atoms. The van der Waals surface area contributed by atoms with Crippen LogP contribution in [0.1, 0.15) is 30.9 Å². The summed E-state index contributed by atoms with van der Waals surface area (Å²) >= 11 is 0. The molecule has 33 heavy (non-hydrogen) atoms. The number of anilines is 4. The second kappa shape index (κ2) is 9.23. The van der Waals surface area contributed by atoms with Crippen molar-refractivity contribution in [2.45, 2.75) is 31.4 Å². The van der Waals surface area contributed by atoms with Crippen LogP contribution in [0.2, 0.25) is 0 Å². The van der Waals surface area contributed by atoms with E-state index in [4.69, 9.17) is 0 Å². The van der Waals surface area contributed by atoms with Gasteiger partial charge in [-0.1, -0.05) is 0 Å². The molecule has 0 aromatic carbocycles. The number of rotatable bonds is 6. The van der Waals surface area contributed by atoms with E-state index < -0.39 is 6.17 Å². The largest absolute Gasteiger partial charge is 0.336 e. The number of nitrogens with zero attached hydrogens (tertiary/aromatic N) is 6. The molecule has 0 radical (unpaired) electrons. The number of halogens is 1. The Bertz CT molecular complexity index is 1220. The first kappa shape index (κ1) is 20.9. The van der Waals surface area contributed by atoms with E-state index in [0.29, 0.717) is 49.3 Å². The van der Waals surface area contributed by atoms with Crippen LogP contribution in [-0.2, 0) is 4.79 Å². The Labute approximate surface area is 189 Å². The van der Waals surface area contributed by atoms with Crippen LogP contribution < -0.4 is 15.5 Å². The zero-order chi connectivity index (χ0) is 22.6. The topological polar surface area (TPSA) is 116 Å². The van der Waals surface area contributed by atoms with Crippen molar-refractivity contribution in [1.82, 2.24) is 29.8 Å². The molecule has 4 aromatic rings. The van der Waals surface area contributed by atoms with Crippen LogP contribution in [0.5, 0.6) is 0 Å². The van der Waals surface area contributed by atoms with Gasteiger partial charge in [-0.25, -0.2) is 8.91 Å². The lowest BCUT2D eigenvalue weighted by Gasteiger charge is -2.16. The van der Waals surface area contributed by atoms with E-state index in [1.807, 2.05) is 29.3 Å². The molecule has 3 N–H and O–H groups in total. The summed E-state index contributed by atoms with van der Waals surface area (Å²) < 4.78 is 15.3. The fourth-order valence-corrected chi connectivity index (χ4v) is 3.69. The Morgan fingerprint density at radius 2 is 2.12 bits per heavy atom. The number of alkyl halides is 1. The smallest absolute Gasteiger partial charge is 0.245 e. The van der Waals surface area contributed by atoms with Gasteiger partial charge in [0.15, 0.2) is 11.6 Å². The van der Waals surface area contributed by atoms with Crippen molar-refractivity contribution in [3.63, 3.8) is 0 Å². The van der Waals surface area contributed by atoms with Crippen LogP contribution in [-0.4, -0.2) is 55.5 Å². The third-order valence-electron chi connectivity index (χ3n) is 5.54. The minimum absolute atomic E-state index is 0.348. The molecule has 0 unspecified atom stereocenters. The third-order valence-corrected chi connectivity index (χ3v) is 5.54. The normalized spacial score (nSPS) is 17.5. The van der Waals surface area contributed by atoms with Crippen LogP contribution in [0.3, 0.4) is 0 Å². The van der Waals surface area contributed by atoms with Gasteiger partial charge in [-0.3, -0.25) is 14.9 Å². The molecule has 11 heteroatoms. The quantitative estimate of drug-likeness (QED) is 0.387. The Kier molecular flexibility index (Phi) is 5.83. The zero-order valence-corrected chi connectivity index (χ0v) is 17.9. The molecule has 4 aromatic heterocycles. The van der Waals surface area contributed by atoms with Gasteiger partial charge in [0, 0.05) is 36.6 Å². The van der Waals surface area contributed by atoms with Crippen LogP contribution in [0.15, 0.2) is 48.9 Å². The minimum Gasteiger partial charge on any atom is -0.336 e. The lowest BCUT2D eigenvalue weighted by Crippen LogP contribution is -2.23. The van der Waals surface area contributed by atoms with Gasteiger partial charge < -0.3 is 15.5 Å². The number of hydrogen-bond donors (Lipinski definition) is 3. The standard InChI is InChI=1S/C16H18FN7.C6H6N2O/c17-11-5-7-23(9-11)16-19-15(13-2-1-6-24(13)22-16)18-14-8-12(20-21-14)10-3-4-10;9-5-8-6-2-1-3-7-4-6/h1-2,6,8,10-11H,3-5,7,9H2,(H2,18,19,20,21,22);1-5H,(H,8,9)/t11-;/m1./s1. The highest BCUT2D eigenvalue weighted by Gasteiger charge is 2.27. The second-order valence-electron chi connectivity index (χ2n) is 8.04. The van der Waals surface area contributed by atoms with E-state index >= 15 is 0 Å². The van der Waals surface area contributed by atoms with Crippen molar-refractivity contribution in [1.29, 1.82) is 0 Å². The van der Waals surface area contributed by atoms with E-state index in [-0.39, 0.29) is 0 Å². The maximum absolute atomic E-state index is 13.5. The van der Waals surface area contributed by atoms with Crippen molar-refractivity contribution in [2.24, 2.45) is 0 Å². The number of nitrogens with one attached hydrogen (secondary N) is 3. The van der Waals surface area contributed by atoms with Gasteiger partial charge in [0.25, 0.3) is 0 Å². The van der Waals surface area contributed by atoms with Crippen LogP contribution in [0, 0.1) is 0 Å². The first-order valence-electron chi connectivity index (χ1n) is 10.9. The molecule has 1 aliphatic carbocycles. The number of aromatic nitrogens is 6. The molecule has 1 aliphatic heterocycles. The molecule has 1 saturated heterocycles. The molecule has 1 atom stereocenters. The van der Waals surface area contributed by atoms with Crippen LogP contribution in [0.25, 0.3) is 5.52 Å². The average Bonchev–Trinajstić information content (AvgIpc) is 3.19. The highest BCUT2D eigenvalue weighted by atomic mass is 19.1. The first-order chi connectivity index (χ1) is 16.2. The van der Waals surface area contributed by atoms with Crippen molar-refractivity contribution in [3.05, 3.63) is 54.6 Å². The lowest BCUT2D eigenvalue weighted by molar-refractivity contribution is -0.105. The van der Waals surface area contributed by atoms with Crippen molar-refractivity contribution >= 4 is 35.2 Å². The first-order valence-corrected chi connectivity index (χ1v) is 10.9. The van der Waals surface area contributed by atoms with Gasteiger partial charge >= 0.3 is 0 Å².